The van der Waals surface area contributed by atoms with E-state index in [0.717, 1.165) is 22.6 Å². The molecule has 0 aliphatic heterocycles. The standard InChI is InChI=1S/C11H13N3OS/c1-3-9(15)12-10-7(2)13-14-11(10)8-4-5-16-6-8/h4-6H,3H2,1-2H3,(H,12,15)(H,13,14). The molecule has 2 rings (SSSR count). The summed E-state index contributed by atoms with van der Waals surface area (Å²) >= 11 is 1.61. The Morgan fingerprint density at radius 1 is 1.62 bits per heavy atom. The third-order valence-electron chi connectivity index (χ3n) is 2.33. The van der Waals surface area contributed by atoms with Gasteiger partial charge in [0.15, 0.2) is 0 Å². The van der Waals surface area contributed by atoms with Gasteiger partial charge in [0.1, 0.15) is 5.69 Å². The molecule has 2 heterocycles. The zero-order valence-electron chi connectivity index (χ0n) is 9.20. The van der Waals surface area contributed by atoms with Crippen LogP contribution in [0.3, 0.4) is 0 Å². The number of H-pyrrole nitrogens is 1. The van der Waals surface area contributed by atoms with Gasteiger partial charge >= 0.3 is 0 Å². The SMILES string of the molecule is CCC(=O)Nc1c(-c2ccsc2)n[nH]c1C. The van der Waals surface area contributed by atoms with Gasteiger partial charge in [-0.25, -0.2) is 0 Å². The molecule has 0 bridgehead atoms. The highest BCUT2D eigenvalue weighted by Crippen LogP contribution is 2.29. The lowest BCUT2D eigenvalue weighted by atomic mass is 10.2. The minimum absolute atomic E-state index is 0.000907. The number of aromatic amines is 1. The zero-order valence-corrected chi connectivity index (χ0v) is 10.0. The third-order valence-corrected chi connectivity index (χ3v) is 3.01. The first kappa shape index (κ1) is 10.9. The van der Waals surface area contributed by atoms with E-state index in [1.54, 1.807) is 11.3 Å². The Labute approximate surface area is 97.7 Å². The minimum Gasteiger partial charge on any atom is -0.323 e. The Kier molecular flexibility index (Phi) is 3.05. The number of nitrogens with zero attached hydrogens (tertiary/aromatic N) is 1. The first-order valence-corrected chi connectivity index (χ1v) is 6.04. The maximum Gasteiger partial charge on any atom is 0.224 e. The third kappa shape index (κ3) is 1.99. The first-order valence-electron chi connectivity index (χ1n) is 5.09. The number of hydrogen-bond donors (Lipinski definition) is 2. The first-order chi connectivity index (χ1) is 7.72. The molecule has 0 unspecified atom stereocenters. The van der Waals surface area contributed by atoms with Crippen molar-refractivity contribution >= 4 is 22.9 Å². The smallest absolute Gasteiger partial charge is 0.224 e. The monoisotopic (exact) mass is 235 g/mol. The summed E-state index contributed by atoms with van der Waals surface area (Å²) in [4.78, 5) is 11.4. The molecule has 5 heteroatoms. The van der Waals surface area contributed by atoms with Gasteiger partial charge in [0.2, 0.25) is 5.91 Å². The van der Waals surface area contributed by atoms with E-state index in [1.165, 1.54) is 0 Å². The molecule has 0 radical (unpaired) electrons. The number of rotatable bonds is 3. The second-order valence-electron chi connectivity index (χ2n) is 3.49. The molecule has 1 amide bonds. The lowest BCUT2D eigenvalue weighted by molar-refractivity contribution is -0.115. The summed E-state index contributed by atoms with van der Waals surface area (Å²) in [6.07, 6.45) is 0.466. The van der Waals surface area contributed by atoms with Crippen LogP contribution in [0.5, 0.6) is 0 Å². The molecular weight excluding hydrogens is 222 g/mol. The maximum absolute atomic E-state index is 11.4. The molecule has 0 fully saturated rings. The lowest BCUT2D eigenvalue weighted by Gasteiger charge is -2.03. The molecule has 4 nitrogen and oxygen atoms in total. The molecular formula is C11H13N3OS. The van der Waals surface area contributed by atoms with E-state index in [9.17, 15) is 4.79 Å². The Morgan fingerprint density at radius 2 is 2.44 bits per heavy atom. The number of aryl methyl sites for hydroxylation is 1. The van der Waals surface area contributed by atoms with E-state index in [1.807, 2.05) is 30.7 Å². The van der Waals surface area contributed by atoms with Crippen molar-refractivity contribution in [3.8, 4) is 11.3 Å². The molecule has 0 atom stereocenters. The van der Waals surface area contributed by atoms with Crippen molar-refractivity contribution in [3.05, 3.63) is 22.5 Å². The van der Waals surface area contributed by atoms with Crippen LogP contribution in [-0.2, 0) is 4.79 Å². The second kappa shape index (κ2) is 4.49. The van der Waals surface area contributed by atoms with E-state index in [-0.39, 0.29) is 5.91 Å². The van der Waals surface area contributed by atoms with Crippen molar-refractivity contribution in [2.24, 2.45) is 0 Å². The van der Waals surface area contributed by atoms with E-state index >= 15 is 0 Å². The van der Waals surface area contributed by atoms with Crippen LogP contribution in [0.4, 0.5) is 5.69 Å². The lowest BCUT2D eigenvalue weighted by Crippen LogP contribution is -2.10. The van der Waals surface area contributed by atoms with Crippen LogP contribution in [-0.4, -0.2) is 16.1 Å². The minimum atomic E-state index is 0.000907. The van der Waals surface area contributed by atoms with E-state index in [2.05, 4.69) is 15.5 Å². The molecule has 84 valence electrons. The largest absolute Gasteiger partial charge is 0.323 e. The molecule has 0 aliphatic rings. The summed E-state index contributed by atoms with van der Waals surface area (Å²) in [6.45, 7) is 3.73. The van der Waals surface area contributed by atoms with E-state index in [4.69, 9.17) is 0 Å². The molecule has 0 saturated carbocycles. The van der Waals surface area contributed by atoms with E-state index in [0.29, 0.717) is 6.42 Å². The number of carbonyl (C=O) groups excluding carboxylic acids is 1. The fourth-order valence-electron chi connectivity index (χ4n) is 1.42. The molecule has 0 aromatic carbocycles. The highest BCUT2D eigenvalue weighted by Gasteiger charge is 2.14. The predicted octanol–water partition coefficient (Wildman–Crippen LogP) is 2.80. The Morgan fingerprint density at radius 3 is 3.06 bits per heavy atom. The van der Waals surface area contributed by atoms with Gasteiger partial charge in [0.05, 0.1) is 11.4 Å². The number of nitrogens with one attached hydrogen (secondary N) is 2. The van der Waals surface area contributed by atoms with Gasteiger partial charge in [-0.3, -0.25) is 9.89 Å². The van der Waals surface area contributed by atoms with Crippen LogP contribution in [0.1, 0.15) is 19.0 Å². The summed E-state index contributed by atoms with van der Waals surface area (Å²) in [7, 11) is 0. The van der Waals surface area contributed by atoms with E-state index < -0.39 is 0 Å². The van der Waals surface area contributed by atoms with Crippen molar-refractivity contribution in [3.63, 3.8) is 0 Å². The van der Waals surface area contributed by atoms with Gasteiger partial charge in [0.25, 0.3) is 0 Å². The summed E-state index contributed by atoms with van der Waals surface area (Å²) < 4.78 is 0. The number of carbonyl (C=O) groups is 1. The zero-order chi connectivity index (χ0) is 11.5. The van der Waals surface area contributed by atoms with Gasteiger partial charge < -0.3 is 5.32 Å². The highest BCUT2D eigenvalue weighted by molar-refractivity contribution is 7.08. The fourth-order valence-corrected chi connectivity index (χ4v) is 2.06. The molecule has 2 N–H and O–H groups in total. The van der Waals surface area contributed by atoms with Crippen LogP contribution >= 0.6 is 11.3 Å². The molecule has 2 aromatic heterocycles. The summed E-state index contributed by atoms with van der Waals surface area (Å²) in [5.74, 6) is 0.000907. The van der Waals surface area contributed by atoms with Crippen molar-refractivity contribution in [1.82, 2.24) is 10.2 Å². The number of hydrogen-bond acceptors (Lipinski definition) is 3. The summed E-state index contributed by atoms with van der Waals surface area (Å²) in [6, 6.07) is 1.99. The average molecular weight is 235 g/mol. The molecule has 0 aliphatic carbocycles. The molecule has 0 saturated heterocycles. The number of anilines is 1. The van der Waals surface area contributed by atoms with Gasteiger partial charge in [-0.15, -0.1) is 0 Å². The van der Waals surface area contributed by atoms with Gasteiger partial charge in [0, 0.05) is 17.4 Å². The summed E-state index contributed by atoms with van der Waals surface area (Å²) in [5.41, 5.74) is 3.49. The number of thiophene rings is 1. The highest BCUT2D eigenvalue weighted by atomic mass is 32.1. The number of aromatic nitrogens is 2. The van der Waals surface area contributed by atoms with Crippen molar-refractivity contribution in [1.29, 1.82) is 0 Å². The summed E-state index contributed by atoms with van der Waals surface area (Å²) in [5, 5.41) is 14.0. The van der Waals surface area contributed by atoms with Crippen molar-refractivity contribution in [2.75, 3.05) is 5.32 Å². The Bertz CT molecular complexity index is 487. The van der Waals surface area contributed by atoms with Crippen LogP contribution in [0, 0.1) is 6.92 Å². The Hall–Kier alpha value is -1.62. The second-order valence-corrected chi connectivity index (χ2v) is 4.27. The Balaban J connectivity index is 2.36. The molecule has 16 heavy (non-hydrogen) atoms. The van der Waals surface area contributed by atoms with Crippen LogP contribution in [0.15, 0.2) is 16.8 Å². The average Bonchev–Trinajstić information content (AvgIpc) is 2.89. The normalized spacial score (nSPS) is 10.4. The quantitative estimate of drug-likeness (QED) is 0.859. The van der Waals surface area contributed by atoms with Gasteiger partial charge in [-0.1, -0.05) is 6.92 Å². The van der Waals surface area contributed by atoms with Crippen molar-refractivity contribution in [2.45, 2.75) is 20.3 Å². The van der Waals surface area contributed by atoms with Gasteiger partial charge in [-0.05, 0) is 18.4 Å². The molecule has 2 aromatic rings. The number of amides is 1. The van der Waals surface area contributed by atoms with Gasteiger partial charge in [-0.2, -0.15) is 16.4 Å². The van der Waals surface area contributed by atoms with Crippen molar-refractivity contribution < 1.29 is 4.79 Å². The molecule has 0 spiro atoms. The van der Waals surface area contributed by atoms with Crippen LogP contribution in [0.2, 0.25) is 0 Å². The predicted molar refractivity (Wildman–Crippen MR) is 65.6 cm³/mol. The van der Waals surface area contributed by atoms with Crippen LogP contribution in [0.25, 0.3) is 11.3 Å². The topological polar surface area (TPSA) is 57.8 Å². The van der Waals surface area contributed by atoms with Crippen LogP contribution < -0.4 is 5.32 Å². The fraction of sp³-hybridized carbons (Fsp3) is 0.273. The maximum atomic E-state index is 11.4.